The van der Waals surface area contributed by atoms with Crippen molar-refractivity contribution in [1.82, 2.24) is 9.47 Å². The molecule has 7 nitrogen and oxygen atoms in total. The molecule has 1 aliphatic rings. The van der Waals surface area contributed by atoms with Crippen LogP contribution in [0.5, 0.6) is 0 Å². The SMILES string of the molecule is CCN1C(c2ccccc2)=C(c2ccccc2)S/C1=C\C=c1\s/c(=C\c2sc(-c3ccccc3)c(-c3ccccc3)[n+]2CCCS(=O)(=O)[O-])n(CC)c1=O. The minimum atomic E-state index is -4.39. The van der Waals surface area contributed by atoms with Crippen molar-refractivity contribution >= 4 is 67.3 Å². The Morgan fingerprint density at radius 1 is 0.722 bits per heavy atom. The predicted octanol–water partition coefficient (Wildman–Crippen LogP) is 7.59. The fourth-order valence-corrected chi connectivity index (χ4v) is 10.7. The Balaban J connectivity index is 1.36. The highest BCUT2D eigenvalue weighted by molar-refractivity contribution is 8.12. The summed E-state index contributed by atoms with van der Waals surface area (Å²) in [6.45, 7) is 5.67. The lowest BCUT2D eigenvalue weighted by Gasteiger charge is -2.21. The molecule has 54 heavy (non-hydrogen) atoms. The summed E-state index contributed by atoms with van der Waals surface area (Å²) in [7, 11) is -4.39. The molecule has 0 atom stereocenters. The number of hydrogen-bond donors (Lipinski definition) is 0. The van der Waals surface area contributed by atoms with E-state index in [-0.39, 0.29) is 12.0 Å². The second-order valence-electron chi connectivity index (χ2n) is 12.5. The van der Waals surface area contributed by atoms with Crippen molar-refractivity contribution in [2.45, 2.75) is 33.4 Å². The Morgan fingerprint density at radius 3 is 1.87 bits per heavy atom. The second-order valence-corrected chi connectivity index (χ2v) is 17.2. The van der Waals surface area contributed by atoms with Gasteiger partial charge in [-0.05, 0) is 54.8 Å². The normalized spacial score (nSPS) is 14.9. The average Bonchev–Trinajstić information content (AvgIpc) is 3.85. The minimum Gasteiger partial charge on any atom is -0.748 e. The van der Waals surface area contributed by atoms with Crippen LogP contribution in [0.15, 0.2) is 137 Å². The topological polar surface area (TPSA) is 86.3 Å². The molecule has 7 rings (SSSR count). The van der Waals surface area contributed by atoms with E-state index in [0.29, 0.717) is 17.6 Å². The van der Waals surface area contributed by atoms with Gasteiger partial charge in [-0.1, -0.05) is 132 Å². The number of hydrogen-bond acceptors (Lipinski definition) is 8. The first-order chi connectivity index (χ1) is 26.3. The highest BCUT2D eigenvalue weighted by Gasteiger charge is 2.30. The lowest BCUT2D eigenvalue weighted by atomic mass is 10.1. The zero-order valence-corrected chi connectivity index (χ0v) is 33.2. The third kappa shape index (κ3) is 8.15. The van der Waals surface area contributed by atoms with Crippen LogP contribution in [0, 0.1) is 0 Å². The third-order valence-corrected chi connectivity index (χ3v) is 13.3. The Hall–Kier alpha value is -4.78. The molecule has 2 aromatic heterocycles. The van der Waals surface area contributed by atoms with Crippen molar-refractivity contribution < 1.29 is 17.5 Å². The molecule has 274 valence electrons. The molecule has 11 heteroatoms. The zero-order chi connectivity index (χ0) is 37.7. The molecule has 0 aliphatic carbocycles. The monoisotopic (exact) mass is 789 g/mol. The van der Waals surface area contributed by atoms with Crippen LogP contribution in [-0.4, -0.2) is 34.7 Å². The molecule has 1 aliphatic heterocycles. The van der Waals surface area contributed by atoms with Gasteiger partial charge in [-0.15, -0.1) is 11.3 Å². The van der Waals surface area contributed by atoms with Gasteiger partial charge in [0.25, 0.3) is 10.6 Å². The van der Waals surface area contributed by atoms with Gasteiger partial charge in [-0.2, -0.15) is 4.57 Å². The van der Waals surface area contributed by atoms with Crippen LogP contribution in [0.2, 0.25) is 0 Å². The molecule has 3 heterocycles. The van der Waals surface area contributed by atoms with E-state index < -0.39 is 15.9 Å². The molecule has 0 unspecified atom stereocenters. The molecule has 0 radical (unpaired) electrons. The minimum absolute atomic E-state index is 0.0664. The van der Waals surface area contributed by atoms with Crippen LogP contribution in [0.1, 0.15) is 36.4 Å². The fraction of sp³-hybridized carbons (Fsp3) is 0.163. The van der Waals surface area contributed by atoms with Gasteiger partial charge in [0.15, 0.2) is 6.54 Å². The first-order valence-corrected chi connectivity index (χ1v) is 21.8. The number of nitrogens with zero attached hydrogens (tertiary/aromatic N) is 3. The number of benzene rings is 4. The van der Waals surface area contributed by atoms with Crippen molar-refractivity contribution in [3.8, 4) is 21.7 Å². The van der Waals surface area contributed by atoms with Crippen LogP contribution < -0.4 is 19.3 Å². The zero-order valence-electron chi connectivity index (χ0n) is 29.9. The Bertz CT molecular complexity index is 2610. The van der Waals surface area contributed by atoms with Gasteiger partial charge in [-0.25, -0.2) is 8.42 Å². The van der Waals surface area contributed by atoms with Gasteiger partial charge in [0, 0.05) is 35.7 Å². The van der Waals surface area contributed by atoms with Crippen molar-refractivity contribution in [2.75, 3.05) is 12.3 Å². The smallest absolute Gasteiger partial charge is 0.269 e. The summed E-state index contributed by atoms with van der Waals surface area (Å²) in [5.74, 6) is -0.462. The van der Waals surface area contributed by atoms with Gasteiger partial charge >= 0.3 is 0 Å². The van der Waals surface area contributed by atoms with Crippen molar-refractivity contribution in [3.63, 3.8) is 0 Å². The molecular weight excluding hydrogens is 751 g/mol. The van der Waals surface area contributed by atoms with Crippen LogP contribution in [0.4, 0.5) is 0 Å². The molecule has 0 saturated carbocycles. The maximum atomic E-state index is 14.0. The number of aromatic nitrogens is 2. The van der Waals surface area contributed by atoms with Crippen molar-refractivity contribution in [3.05, 3.63) is 168 Å². The van der Waals surface area contributed by atoms with E-state index in [4.69, 9.17) is 0 Å². The Labute approximate surface area is 328 Å². The summed E-state index contributed by atoms with van der Waals surface area (Å²) in [6.07, 6.45) is 6.18. The van der Waals surface area contributed by atoms with E-state index in [1.165, 1.54) is 16.2 Å². The molecule has 0 amide bonds. The van der Waals surface area contributed by atoms with E-state index in [2.05, 4.69) is 83.1 Å². The molecule has 0 fully saturated rings. The maximum absolute atomic E-state index is 14.0. The van der Waals surface area contributed by atoms with Gasteiger partial charge in [-0.3, -0.25) is 9.36 Å². The van der Waals surface area contributed by atoms with Gasteiger partial charge in [0.05, 0.1) is 31.5 Å². The highest BCUT2D eigenvalue weighted by atomic mass is 32.2. The number of thiazole rings is 2. The first-order valence-electron chi connectivity index (χ1n) is 17.8. The standard InChI is InChI=1S/C43H39N3O4S4/c1-3-44-36(52-41(33-22-13-7-14-23-33)39(44)31-18-9-5-10-19-31)27-26-35-43(47)45(4-2)37(51-35)30-38-46(28-17-29-54(48,49)50)40(32-20-11-6-12-21-32)42(53-38)34-24-15-8-16-25-34/h5-16,18-27,30H,3-4,17,28-29H2,1-2H3/b35-26+,36-27-. The Kier molecular flexibility index (Phi) is 11.6. The summed E-state index contributed by atoms with van der Waals surface area (Å²) in [5.41, 5.74) is 6.31. The van der Waals surface area contributed by atoms with E-state index in [1.54, 1.807) is 27.7 Å². The van der Waals surface area contributed by atoms with Crippen LogP contribution in [0.25, 0.3) is 44.5 Å². The lowest BCUT2D eigenvalue weighted by molar-refractivity contribution is -0.682. The summed E-state index contributed by atoms with van der Waals surface area (Å²) >= 11 is 4.74. The quantitative estimate of drug-likeness (QED) is 0.0939. The summed E-state index contributed by atoms with van der Waals surface area (Å²) in [6, 6.07) is 40.9. The maximum Gasteiger partial charge on any atom is 0.269 e. The predicted molar refractivity (Wildman–Crippen MR) is 224 cm³/mol. The van der Waals surface area contributed by atoms with E-state index in [0.717, 1.165) is 59.8 Å². The van der Waals surface area contributed by atoms with Gasteiger partial charge in [0.1, 0.15) is 9.54 Å². The van der Waals surface area contributed by atoms with Crippen LogP contribution >= 0.6 is 34.4 Å². The average molecular weight is 790 g/mol. The fourth-order valence-electron chi connectivity index (χ4n) is 6.59. The number of thioether (sulfide) groups is 1. The molecule has 0 saturated heterocycles. The lowest BCUT2D eigenvalue weighted by Crippen LogP contribution is -2.38. The van der Waals surface area contributed by atoms with Crippen molar-refractivity contribution in [2.24, 2.45) is 0 Å². The van der Waals surface area contributed by atoms with E-state index >= 15 is 0 Å². The molecule has 0 bridgehead atoms. The molecule has 6 aromatic rings. The molecule has 0 N–H and O–H groups in total. The summed E-state index contributed by atoms with van der Waals surface area (Å²) in [4.78, 5) is 18.5. The summed E-state index contributed by atoms with van der Waals surface area (Å²) in [5, 5.41) is 1.90. The Morgan fingerprint density at radius 2 is 1.30 bits per heavy atom. The highest BCUT2D eigenvalue weighted by Crippen LogP contribution is 2.50. The van der Waals surface area contributed by atoms with E-state index in [1.807, 2.05) is 79.7 Å². The second kappa shape index (κ2) is 16.7. The number of rotatable bonds is 12. The molecule has 4 aromatic carbocycles. The van der Waals surface area contributed by atoms with Gasteiger partial charge in [0.2, 0.25) is 5.69 Å². The molecule has 0 spiro atoms. The van der Waals surface area contributed by atoms with Crippen molar-refractivity contribution in [1.29, 1.82) is 0 Å². The summed E-state index contributed by atoms with van der Waals surface area (Å²) < 4.78 is 40.3. The largest absolute Gasteiger partial charge is 0.748 e. The van der Waals surface area contributed by atoms with Crippen LogP contribution in [-0.2, 0) is 23.2 Å². The number of allylic oxidation sites excluding steroid dienone is 1. The van der Waals surface area contributed by atoms with E-state index in [9.17, 15) is 17.8 Å². The van der Waals surface area contributed by atoms with Crippen LogP contribution in [0.3, 0.4) is 0 Å². The molecular formula is C43H39N3O4S4. The third-order valence-electron chi connectivity index (χ3n) is 9.05. The first kappa shape index (κ1) is 37.5. The van der Waals surface area contributed by atoms with Gasteiger partial charge < -0.3 is 9.45 Å².